The number of rotatable bonds is 43. The van der Waals surface area contributed by atoms with Crippen molar-refractivity contribution in [3.63, 3.8) is 0 Å². The van der Waals surface area contributed by atoms with Gasteiger partial charge in [0.2, 0.25) is 70.9 Å². The molecule has 0 unspecified atom stereocenters. The van der Waals surface area contributed by atoms with E-state index < -0.39 is 188 Å². The lowest BCUT2D eigenvalue weighted by molar-refractivity contribution is -0.142. The zero-order chi connectivity index (χ0) is 71.6. The summed E-state index contributed by atoms with van der Waals surface area (Å²) in [7, 11) is 0. The number of aliphatic hydroxyl groups is 1. The van der Waals surface area contributed by atoms with Gasteiger partial charge < -0.3 is 102 Å². The van der Waals surface area contributed by atoms with Gasteiger partial charge in [-0.05, 0) is 102 Å². The number of primary amides is 1. The molecular weight excluding hydrogens is 1250 g/mol. The molecule has 0 bridgehead atoms. The van der Waals surface area contributed by atoms with Crippen LogP contribution in [0.1, 0.15) is 116 Å². The first-order chi connectivity index (χ1) is 45.4. The third kappa shape index (κ3) is 29.2. The highest BCUT2D eigenvalue weighted by Crippen LogP contribution is 2.20. The largest absolute Gasteiger partial charge is 0.481 e. The SMILES string of the molecule is CC(C)C[C@H](NC(=O)[C@H](CCCCN)NC(=O)[C@H](CCCN=C(N)N)NC(=O)[C@H](Cc1ccccc1)NC(=O)CNC(=O)[C@H](Cc1ccccc1)NC(=O)[C@H](C)NC(=O)[C@@H]1CCCN1C(=O)[C@H](C)NC(=O)[C@H](CCC(=O)O)NC(=O)[C@H](CCC(=O)O)NC(=O)[C@@H](N)CO)C(N)=O. The van der Waals surface area contributed by atoms with Crippen LogP contribution in [-0.4, -0.2) is 208 Å². The number of aliphatic hydroxyl groups excluding tert-OH is 1. The van der Waals surface area contributed by atoms with Crippen LogP contribution in [0.15, 0.2) is 65.7 Å². The molecule has 12 amide bonds. The number of unbranched alkanes of at least 4 members (excludes halogenated alkanes) is 1. The average molecular weight is 1350 g/mol. The highest BCUT2D eigenvalue weighted by Gasteiger charge is 2.39. The Morgan fingerprint density at radius 3 is 1.48 bits per heavy atom. The number of guanidine groups is 1. The second-order valence-corrected chi connectivity index (χ2v) is 23.7. The molecule has 1 aliphatic rings. The molecule has 1 heterocycles. The number of carbonyl (C=O) groups is 14. The normalized spacial score (nSPS) is 15.7. The van der Waals surface area contributed by atoms with Crippen molar-refractivity contribution in [2.24, 2.45) is 39.6 Å². The van der Waals surface area contributed by atoms with Crippen molar-refractivity contribution >= 4 is 88.8 Å². The molecule has 1 saturated heterocycles. The molecule has 0 spiro atoms. The maximum absolute atomic E-state index is 14.4. The summed E-state index contributed by atoms with van der Waals surface area (Å²) in [6, 6.07) is 1.91. The van der Waals surface area contributed by atoms with Crippen LogP contribution in [0.25, 0.3) is 0 Å². The van der Waals surface area contributed by atoms with E-state index in [1.54, 1.807) is 60.7 Å². The van der Waals surface area contributed by atoms with E-state index in [0.717, 1.165) is 4.90 Å². The van der Waals surface area contributed by atoms with Crippen LogP contribution in [0.3, 0.4) is 0 Å². The van der Waals surface area contributed by atoms with Crippen LogP contribution in [0.4, 0.5) is 0 Å². The van der Waals surface area contributed by atoms with Crippen LogP contribution in [0.5, 0.6) is 0 Å². The van der Waals surface area contributed by atoms with Gasteiger partial charge in [0, 0.05) is 38.8 Å². The fraction of sp³-hybridized carbons (Fsp3) is 0.565. The Bertz CT molecular complexity index is 3010. The summed E-state index contributed by atoms with van der Waals surface area (Å²) in [5.74, 6) is -13.4. The molecule has 96 heavy (non-hydrogen) atoms. The monoisotopic (exact) mass is 1350 g/mol. The predicted molar refractivity (Wildman–Crippen MR) is 347 cm³/mol. The molecule has 0 aromatic heterocycles. The number of nitrogens with two attached hydrogens (primary N) is 5. The molecule has 1 fully saturated rings. The number of carboxylic acids is 2. The molecule has 34 nitrogen and oxygen atoms in total. The van der Waals surface area contributed by atoms with Crippen molar-refractivity contribution in [1.82, 2.24) is 58.1 Å². The van der Waals surface area contributed by atoms with E-state index in [4.69, 9.17) is 28.7 Å². The van der Waals surface area contributed by atoms with Gasteiger partial charge in [-0.25, -0.2) is 0 Å². The van der Waals surface area contributed by atoms with Gasteiger partial charge in [0.15, 0.2) is 5.96 Å². The number of likely N-dealkylation sites (tertiary alicyclic amines) is 1. The molecule has 1 aliphatic heterocycles. The number of carboxylic acid groups (broad SMARTS) is 2. The lowest BCUT2D eigenvalue weighted by Crippen LogP contribution is -2.59. The lowest BCUT2D eigenvalue weighted by atomic mass is 10.0. The second kappa shape index (κ2) is 41.8. The van der Waals surface area contributed by atoms with Gasteiger partial charge in [-0.2, -0.15) is 0 Å². The zero-order valence-corrected chi connectivity index (χ0v) is 54.5. The number of benzene rings is 2. The zero-order valence-electron chi connectivity index (χ0n) is 54.5. The molecule has 2 aromatic rings. The maximum Gasteiger partial charge on any atom is 0.303 e. The molecule has 2 aromatic carbocycles. The number of amides is 12. The van der Waals surface area contributed by atoms with Gasteiger partial charge in [0.05, 0.1) is 13.2 Å². The smallest absolute Gasteiger partial charge is 0.303 e. The molecule has 11 atom stereocenters. The molecule has 34 heteroatoms. The molecule has 0 radical (unpaired) electrons. The number of nitrogens with zero attached hydrogens (tertiary/aromatic N) is 2. The van der Waals surface area contributed by atoms with Gasteiger partial charge in [-0.3, -0.25) is 72.1 Å². The van der Waals surface area contributed by atoms with Crippen molar-refractivity contribution in [2.45, 2.75) is 184 Å². The van der Waals surface area contributed by atoms with E-state index in [0.29, 0.717) is 30.4 Å². The van der Waals surface area contributed by atoms with E-state index in [-0.39, 0.29) is 76.5 Å². The molecule has 0 saturated carbocycles. The summed E-state index contributed by atoms with van der Waals surface area (Å²) in [6.07, 6.45) is -0.845. The van der Waals surface area contributed by atoms with Crippen molar-refractivity contribution in [3.8, 4) is 0 Å². The first kappa shape index (κ1) is 80.4. The van der Waals surface area contributed by atoms with Crippen LogP contribution >= 0.6 is 0 Å². The standard InChI is InChI=1S/C62H95N17O17/c1-34(2)29-44(51(65)86)77-57(92)40(19-11-12-26-63)74-56(91)41(20-13-27-68-62(66)67)75-59(94)46(31-38-17-9-6-10-18-38)72-48(81)32-69-54(89)45(30-37-15-7-5-8-16-37)78-52(87)35(3)70-60(95)47-21-14-28-79(47)61(96)36(4)71-55(90)42(22-24-49(82)83)76-58(93)43(23-25-50(84)85)73-53(88)39(64)33-80/h5-10,15-18,34-36,39-47,80H,11-14,19-33,63-64H2,1-4H3,(H2,65,86)(H,69,89)(H,70,95)(H,71,90)(H,72,81)(H,73,88)(H,74,91)(H,75,94)(H,76,93)(H,77,92)(H,78,87)(H,82,83)(H,84,85)(H4,66,67,68)/t35-,36-,39-,40-,41-,42-,43-,44-,45-,46-,47-/m0/s1. The molecule has 0 aliphatic carbocycles. The van der Waals surface area contributed by atoms with Gasteiger partial charge in [-0.1, -0.05) is 74.5 Å². The fourth-order valence-electron chi connectivity index (χ4n) is 10.0. The number of nitrogens with one attached hydrogen (secondary N) is 10. The highest BCUT2D eigenvalue weighted by molar-refractivity contribution is 5.99. The van der Waals surface area contributed by atoms with E-state index in [2.05, 4.69) is 58.2 Å². The third-order valence-electron chi connectivity index (χ3n) is 15.2. The summed E-state index contributed by atoms with van der Waals surface area (Å²) in [5, 5.41) is 53.1. The summed E-state index contributed by atoms with van der Waals surface area (Å²) in [5.41, 5.74) is 29.1. The van der Waals surface area contributed by atoms with Gasteiger partial charge >= 0.3 is 11.9 Å². The first-order valence-electron chi connectivity index (χ1n) is 31.7. The molecular formula is C62H95N17O17. The minimum atomic E-state index is -1.65. The fourth-order valence-corrected chi connectivity index (χ4v) is 10.0. The Morgan fingerprint density at radius 2 is 1.00 bits per heavy atom. The summed E-state index contributed by atoms with van der Waals surface area (Å²) < 4.78 is 0. The Morgan fingerprint density at radius 1 is 0.542 bits per heavy atom. The second-order valence-electron chi connectivity index (χ2n) is 23.7. The van der Waals surface area contributed by atoms with E-state index in [1.165, 1.54) is 13.8 Å². The predicted octanol–water partition coefficient (Wildman–Crippen LogP) is -5.25. The van der Waals surface area contributed by atoms with E-state index >= 15 is 0 Å². The first-order valence-corrected chi connectivity index (χ1v) is 31.7. The van der Waals surface area contributed by atoms with Crippen LogP contribution in [0, 0.1) is 5.92 Å². The molecule has 530 valence electrons. The topological polar surface area (TPSA) is 566 Å². The van der Waals surface area contributed by atoms with Crippen LogP contribution in [-0.2, 0) is 80.0 Å². The highest BCUT2D eigenvalue weighted by atomic mass is 16.4. The Balaban J connectivity index is 1.80. The van der Waals surface area contributed by atoms with E-state index in [1.807, 2.05) is 13.8 Å². The Hall–Kier alpha value is -9.83. The third-order valence-corrected chi connectivity index (χ3v) is 15.2. The summed E-state index contributed by atoms with van der Waals surface area (Å²) >= 11 is 0. The number of carbonyl (C=O) groups excluding carboxylic acids is 12. The van der Waals surface area contributed by atoms with Crippen molar-refractivity contribution < 1.29 is 82.4 Å². The Labute approximate surface area is 555 Å². The van der Waals surface area contributed by atoms with Crippen LogP contribution < -0.4 is 81.8 Å². The minimum absolute atomic E-state index is 0.0146. The van der Waals surface area contributed by atoms with Crippen molar-refractivity contribution in [3.05, 3.63) is 71.8 Å². The van der Waals surface area contributed by atoms with Crippen molar-refractivity contribution in [2.75, 3.05) is 32.8 Å². The molecule has 23 N–H and O–H groups in total. The Kier molecular flexibility index (Phi) is 35.0. The number of aliphatic imine (C=N–C) groups is 1. The van der Waals surface area contributed by atoms with Crippen LogP contribution in [0.2, 0.25) is 0 Å². The van der Waals surface area contributed by atoms with E-state index in [9.17, 15) is 82.4 Å². The summed E-state index contributed by atoms with van der Waals surface area (Å²) in [4.78, 5) is 192. The number of aliphatic carboxylic acids is 2. The van der Waals surface area contributed by atoms with Gasteiger partial charge in [-0.15, -0.1) is 0 Å². The molecule has 3 rings (SSSR count). The quantitative estimate of drug-likeness (QED) is 0.0168. The van der Waals surface area contributed by atoms with Gasteiger partial charge in [0.25, 0.3) is 0 Å². The number of hydrogen-bond acceptors (Lipinski definition) is 18. The maximum atomic E-state index is 14.4. The summed E-state index contributed by atoms with van der Waals surface area (Å²) in [6.45, 7) is 5.03. The lowest BCUT2D eigenvalue weighted by Gasteiger charge is -2.29. The number of hydrogen-bond donors (Lipinski definition) is 18. The average Bonchev–Trinajstić information content (AvgIpc) is 1.63. The van der Waals surface area contributed by atoms with Crippen molar-refractivity contribution in [1.29, 1.82) is 0 Å². The minimum Gasteiger partial charge on any atom is -0.481 e. The van der Waals surface area contributed by atoms with Gasteiger partial charge in [0.1, 0.15) is 66.5 Å².